The molecule has 1 rings (SSSR count). The summed E-state index contributed by atoms with van der Waals surface area (Å²) in [5, 5.41) is 0.699. The van der Waals surface area contributed by atoms with Crippen LogP contribution in [0.3, 0.4) is 0 Å². The molecule has 0 amide bonds. The largest absolute Gasteiger partial charge is 0.399 e. The van der Waals surface area contributed by atoms with E-state index in [1.807, 2.05) is 6.07 Å². The molecule has 0 radical (unpaired) electrons. The van der Waals surface area contributed by atoms with E-state index in [9.17, 15) is 0 Å². The van der Waals surface area contributed by atoms with Crippen molar-refractivity contribution >= 4 is 29.1 Å². The lowest BCUT2D eigenvalue weighted by molar-refractivity contribution is 1.46. The molecule has 0 saturated carbocycles. The molecule has 62 valence electrons. The van der Waals surface area contributed by atoms with Gasteiger partial charge in [-0.05, 0) is 18.2 Å². The second kappa shape index (κ2) is 4.30. The van der Waals surface area contributed by atoms with Gasteiger partial charge in [0.25, 0.3) is 0 Å². The molecule has 0 atom stereocenters. The maximum atomic E-state index is 5.89. The van der Waals surface area contributed by atoms with Crippen molar-refractivity contribution < 1.29 is 0 Å². The number of anilines is 1. The summed E-state index contributed by atoms with van der Waals surface area (Å²) >= 11 is 7.40. The first kappa shape index (κ1) is 9.31. The Kier molecular flexibility index (Phi) is 3.33. The third kappa shape index (κ3) is 2.37. The van der Waals surface area contributed by atoms with Crippen LogP contribution in [0, 0.1) is 12.3 Å². The zero-order valence-corrected chi connectivity index (χ0v) is 7.95. The summed E-state index contributed by atoms with van der Waals surface area (Å²) in [6.07, 6.45) is 5.12. The number of hydrogen-bond donors (Lipinski definition) is 1. The predicted octanol–water partition coefficient (Wildman–Crippen LogP) is 2.65. The van der Waals surface area contributed by atoms with Gasteiger partial charge >= 0.3 is 0 Å². The SMILES string of the molecule is C#CCSc1cc(N)ccc1Cl. The first-order valence-electron chi connectivity index (χ1n) is 3.35. The molecule has 0 aromatic heterocycles. The van der Waals surface area contributed by atoms with Gasteiger partial charge in [0.2, 0.25) is 0 Å². The van der Waals surface area contributed by atoms with E-state index in [1.165, 1.54) is 11.8 Å². The van der Waals surface area contributed by atoms with Crippen LogP contribution in [0.25, 0.3) is 0 Å². The molecule has 0 unspecified atom stereocenters. The second-order valence-corrected chi connectivity index (χ2v) is 3.61. The van der Waals surface area contributed by atoms with Crippen molar-refractivity contribution in [2.24, 2.45) is 0 Å². The Bertz CT molecular complexity index is 317. The van der Waals surface area contributed by atoms with Crippen LogP contribution >= 0.6 is 23.4 Å². The van der Waals surface area contributed by atoms with Crippen molar-refractivity contribution in [2.45, 2.75) is 4.90 Å². The number of hydrogen-bond acceptors (Lipinski definition) is 2. The lowest BCUT2D eigenvalue weighted by Crippen LogP contribution is -1.85. The van der Waals surface area contributed by atoms with Crippen molar-refractivity contribution in [3.05, 3.63) is 23.2 Å². The Labute approximate surface area is 81.3 Å². The highest BCUT2D eigenvalue weighted by atomic mass is 35.5. The fourth-order valence-electron chi connectivity index (χ4n) is 0.750. The molecule has 0 heterocycles. The van der Waals surface area contributed by atoms with E-state index < -0.39 is 0 Å². The Morgan fingerprint density at radius 3 is 3.00 bits per heavy atom. The molecule has 1 aromatic carbocycles. The second-order valence-electron chi connectivity index (χ2n) is 2.18. The molecule has 0 spiro atoms. The summed E-state index contributed by atoms with van der Waals surface area (Å²) in [5.41, 5.74) is 6.28. The third-order valence-corrected chi connectivity index (χ3v) is 2.67. The van der Waals surface area contributed by atoms with Gasteiger partial charge in [0, 0.05) is 10.6 Å². The van der Waals surface area contributed by atoms with E-state index in [2.05, 4.69) is 5.92 Å². The van der Waals surface area contributed by atoms with Crippen molar-refractivity contribution in [1.29, 1.82) is 0 Å². The van der Waals surface area contributed by atoms with Crippen molar-refractivity contribution in [2.75, 3.05) is 11.5 Å². The van der Waals surface area contributed by atoms with Crippen molar-refractivity contribution in [3.63, 3.8) is 0 Å². The highest BCUT2D eigenvalue weighted by molar-refractivity contribution is 7.99. The molecule has 0 saturated heterocycles. The van der Waals surface area contributed by atoms with Crippen LogP contribution < -0.4 is 5.73 Å². The Hall–Kier alpha value is -0.780. The standard InChI is InChI=1S/C9H8ClNS/c1-2-5-12-9-6-7(11)3-4-8(9)10/h1,3-4,6H,5,11H2. The average Bonchev–Trinajstić information content (AvgIpc) is 2.07. The van der Waals surface area contributed by atoms with Gasteiger partial charge in [0.1, 0.15) is 0 Å². The zero-order valence-electron chi connectivity index (χ0n) is 6.38. The Balaban J connectivity index is 2.84. The monoisotopic (exact) mass is 197 g/mol. The van der Waals surface area contributed by atoms with Crippen LogP contribution in [-0.4, -0.2) is 5.75 Å². The molecule has 2 N–H and O–H groups in total. The van der Waals surface area contributed by atoms with Crippen LogP contribution in [0.5, 0.6) is 0 Å². The van der Waals surface area contributed by atoms with Crippen LogP contribution in [0.2, 0.25) is 5.02 Å². The zero-order chi connectivity index (χ0) is 8.97. The normalized spacial score (nSPS) is 9.33. The minimum absolute atomic E-state index is 0.614. The van der Waals surface area contributed by atoms with Gasteiger partial charge in [-0.2, -0.15) is 0 Å². The molecule has 1 nitrogen and oxygen atoms in total. The number of nitrogen functional groups attached to an aromatic ring is 1. The molecule has 3 heteroatoms. The summed E-state index contributed by atoms with van der Waals surface area (Å²) in [7, 11) is 0. The van der Waals surface area contributed by atoms with E-state index in [1.54, 1.807) is 12.1 Å². The maximum absolute atomic E-state index is 5.89. The minimum Gasteiger partial charge on any atom is -0.399 e. The highest BCUT2D eigenvalue weighted by Crippen LogP contribution is 2.28. The Morgan fingerprint density at radius 1 is 1.58 bits per heavy atom. The van der Waals surface area contributed by atoms with Gasteiger partial charge in [-0.15, -0.1) is 18.2 Å². The summed E-state index contributed by atoms with van der Waals surface area (Å²) in [4.78, 5) is 0.939. The minimum atomic E-state index is 0.614. The maximum Gasteiger partial charge on any atom is 0.0592 e. The summed E-state index contributed by atoms with van der Waals surface area (Å²) in [6.45, 7) is 0. The van der Waals surface area contributed by atoms with E-state index in [4.69, 9.17) is 23.8 Å². The van der Waals surface area contributed by atoms with Gasteiger partial charge in [0.15, 0.2) is 0 Å². The number of halogens is 1. The smallest absolute Gasteiger partial charge is 0.0592 e. The van der Waals surface area contributed by atoms with E-state index in [0.29, 0.717) is 16.5 Å². The van der Waals surface area contributed by atoms with E-state index in [-0.39, 0.29) is 0 Å². The van der Waals surface area contributed by atoms with Crippen molar-refractivity contribution in [1.82, 2.24) is 0 Å². The quantitative estimate of drug-likeness (QED) is 0.448. The molecule has 0 bridgehead atoms. The molecular weight excluding hydrogens is 190 g/mol. The predicted molar refractivity (Wildman–Crippen MR) is 55.4 cm³/mol. The highest BCUT2D eigenvalue weighted by Gasteiger charge is 1.99. The first-order valence-corrected chi connectivity index (χ1v) is 4.71. The first-order chi connectivity index (χ1) is 5.74. The molecule has 0 aliphatic heterocycles. The number of thioether (sulfide) groups is 1. The fraction of sp³-hybridized carbons (Fsp3) is 0.111. The van der Waals surface area contributed by atoms with Crippen LogP contribution in [0.15, 0.2) is 23.1 Å². The number of terminal acetylenes is 1. The Morgan fingerprint density at radius 2 is 2.33 bits per heavy atom. The summed E-state index contributed by atoms with van der Waals surface area (Å²) < 4.78 is 0. The summed E-state index contributed by atoms with van der Waals surface area (Å²) in [5.74, 6) is 3.14. The molecule has 12 heavy (non-hydrogen) atoms. The molecule has 0 aliphatic carbocycles. The van der Waals surface area contributed by atoms with Crippen LogP contribution in [0.1, 0.15) is 0 Å². The van der Waals surface area contributed by atoms with Gasteiger partial charge in [-0.1, -0.05) is 17.5 Å². The number of rotatable bonds is 2. The molecule has 0 fully saturated rings. The topological polar surface area (TPSA) is 26.0 Å². The number of benzene rings is 1. The average molecular weight is 198 g/mol. The van der Waals surface area contributed by atoms with Gasteiger partial charge in [-0.3, -0.25) is 0 Å². The van der Waals surface area contributed by atoms with Crippen molar-refractivity contribution in [3.8, 4) is 12.3 Å². The lowest BCUT2D eigenvalue weighted by Gasteiger charge is -2.01. The van der Waals surface area contributed by atoms with E-state index in [0.717, 1.165) is 4.90 Å². The van der Waals surface area contributed by atoms with Crippen LogP contribution in [-0.2, 0) is 0 Å². The number of nitrogens with two attached hydrogens (primary N) is 1. The third-order valence-electron chi connectivity index (χ3n) is 1.27. The fourth-order valence-corrected chi connectivity index (χ4v) is 1.70. The van der Waals surface area contributed by atoms with Crippen LogP contribution in [0.4, 0.5) is 5.69 Å². The molecule has 1 aromatic rings. The van der Waals surface area contributed by atoms with Gasteiger partial charge < -0.3 is 5.73 Å². The molecule has 0 aliphatic rings. The summed E-state index contributed by atoms with van der Waals surface area (Å²) in [6, 6.07) is 5.36. The lowest BCUT2D eigenvalue weighted by atomic mass is 10.3. The van der Waals surface area contributed by atoms with Gasteiger partial charge in [-0.25, -0.2) is 0 Å². The van der Waals surface area contributed by atoms with E-state index >= 15 is 0 Å². The molecular formula is C9H8ClNS. The van der Waals surface area contributed by atoms with Gasteiger partial charge in [0.05, 0.1) is 10.8 Å².